The number of urea groups is 1. The summed E-state index contributed by atoms with van der Waals surface area (Å²) in [5.74, 6) is 0.675. The second-order valence-corrected chi connectivity index (χ2v) is 2.31. The molecule has 2 amide bonds. The van der Waals surface area contributed by atoms with Crippen LogP contribution < -0.4 is 16.4 Å². The predicted molar refractivity (Wildman–Crippen MR) is 48.1 cm³/mol. The fraction of sp³-hybridized carbons (Fsp3) is 0.286. The molecule has 0 aliphatic carbocycles. The summed E-state index contributed by atoms with van der Waals surface area (Å²) in [6.45, 7) is 1.04. The van der Waals surface area contributed by atoms with E-state index in [1.165, 1.54) is 0 Å². The first kappa shape index (κ1) is 9.24. The van der Waals surface area contributed by atoms with Gasteiger partial charge in [-0.3, -0.25) is 4.98 Å². The molecule has 0 saturated heterocycles. The number of nitrogens with zero attached hydrogens (tertiary/aromatic N) is 2. The smallest absolute Gasteiger partial charge is 0.312 e. The first-order chi connectivity index (χ1) is 6.29. The van der Waals surface area contributed by atoms with Crippen molar-refractivity contribution < 1.29 is 4.79 Å². The largest absolute Gasteiger partial charge is 0.367 e. The highest BCUT2D eigenvalue weighted by molar-refractivity contribution is 5.71. The topological polar surface area (TPSA) is 92.9 Å². The van der Waals surface area contributed by atoms with Gasteiger partial charge in [0.2, 0.25) is 0 Å². The Bertz CT molecular complexity index is 263. The maximum Gasteiger partial charge on any atom is 0.312 e. The van der Waals surface area contributed by atoms with Crippen LogP contribution >= 0.6 is 0 Å². The number of amides is 2. The Balaban J connectivity index is 2.17. The third kappa shape index (κ3) is 3.90. The monoisotopic (exact) mass is 181 g/mol. The SMILES string of the molecule is NC(=O)NCCNc1cnccn1. The van der Waals surface area contributed by atoms with Crippen molar-refractivity contribution in [1.29, 1.82) is 0 Å². The van der Waals surface area contributed by atoms with E-state index < -0.39 is 6.03 Å². The van der Waals surface area contributed by atoms with Crippen LogP contribution in [0.25, 0.3) is 0 Å². The van der Waals surface area contributed by atoms with Gasteiger partial charge in [-0.15, -0.1) is 0 Å². The molecule has 6 heteroatoms. The molecule has 0 bridgehead atoms. The molecule has 0 unspecified atom stereocenters. The molecule has 13 heavy (non-hydrogen) atoms. The third-order valence-electron chi connectivity index (χ3n) is 1.29. The van der Waals surface area contributed by atoms with Crippen molar-refractivity contribution in [2.45, 2.75) is 0 Å². The van der Waals surface area contributed by atoms with Crippen molar-refractivity contribution in [1.82, 2.24) is 15.3 Å². The standard InChI is InChI=1S/C7H11N5O/c8-7(13)12-4-3-11-6-5-9-1-2-10-6/h1-2,5H,3-4H2,(H,10,11)(H3,8,12,13). The Morgan fingerprint density at radius 3 is 2.92 bits per heavy atom. The van der Waals surface area contributed by atoms with Gasteiger partial charge in [-0.25, -0.2) is 9.78 Å². The molecular weight excluding hydrogens is 170 g/mol. The molecule has 70 valence electrons. The number of nitrogens with one attached hydrogen (secondary N) is 2. The number of primary amides is 1. The van der Waals surface area contributed by atoms with Gasteiger partial charge in [-0.05, 0) is 0 Å². The highest BCUT2D eigenvalue weighted by Gasteiger charge is 1.92. The minimum absolute atomic E-state index is 0.464. The zero-order valence-electron chi connectivity index (χ0n) is 7.03. The van der Waals surface area contributed by atoms with E-state index in [0.717, 1.165) is 0 Å². The number of carbonyl (C=O) groups is 1. The Morgan fingerprint density at radius 1 is 1.46 bits per heavy atom. The van der Waals surface area contributed by atoms with E-state index in [1.54, 1.807) is 18.6 Å². The van der Waals surface area contributed by atoms with Gasteiger partial charge in [-0.1, -0.05) is 0 Å². The van der Waals surface area contributed by atoms with E-state index in [1.807, 2.05) is 0 Å². The molecule has 0 aliphatic rings. The van der Waals surface area contributed by atoms with E-state index in [4.69, 9.17) is 5.73 Å². The van der Waals surface area contributed by atoms with E-state index in [2.05, 4.69) is 20.6 Å². The normalized spacial score (nSPS) is 9.23. The van der Waals surface area contributed by atoms with Crippen LogP contribution in [0.3, 0.4) is 0 Å². The van der Waals surface area contributed by atoms with Gasteiger partial charge in [0.15, 0.2) is 0 Å². The van der Waals surface area contributed by atoms with Gasteiger partial charge in [0, 0.05) is 25.5 Å². The van der Waals surface area contributed by atoms with Gasteiger partial charge in [0.05, 0.1) is 6.20 Å². The number of rotatable bonds is 4. The van der Waals surface area contributed by atoms with E-state index in [9.17, 15) is 4.79 Å². The molecule has 1 aromatic rings. The van der Waals surface area contributed by atoms with Crippen LogP contribution in [0, 0.1) is 0 Å². The molecule has 0 radical (unpaired) electrons. The molecule has 6 nitrogen and oxygen atoms in total. The molecule has 1 rings (SSSR count). The Labute approximate surface area is 75.6 Å². The molecule has 0 fully saturated rings. The second kappa shape index (κ2) is 4.91. The lowest BCUT2D eigenvalue weighted by Gasteiger charge is -2.04. The number of hydrogen-bond acceptors (Lipinski definition) is 4. The summed E-state index contributed by atoms with van der Waals surface area (Å²) in [5.41, 5.74) is 4.87. The summed E-state index contributed by atoms with van der Waals surface area (Å²) < 4.78 is 0. The molecule has 0 spiro atoms. The Kier molecular flexibility index (Phi) is 3.49. The number of carbonyl (C=O) groups excluding carboxylic acids is 1. The van der Waals surface area contributed by atoms with Crippen LogP contribution in [0.5, 0.6) is 0 Å². The van der Waals surface area contributed by atoms with Crippen LogP contribution in [0.1, 0.15) is 0 Å². The molecular formula is C7H11N5O. The summed E-state index contributed by atoms with van der Waals surface area (Å²) in [6, 6.07) is -0.527. The molecule has 1 aromatic heterocycles. The fourth-order valence-corrected chi connectivity index (χ4v) is 0.767. The van der Waals surface area contributed by atoms with Crippen LogP contribution in [0.4, 0.5) is 10.6 Å². The van der Waals surface area contributed by atoms with Crippen molar-refractivity contribution in [3.05, 3.63) is 18.6 Å². The predicted octanol–water partition coefficient (Wildman–Crippen LogP) is -0.443. The Hall–Kier alpha value is -1.85. The molecule has 0 saturated carbocycles. The third-order valence-corrected chi connectivity index (χ3v) is 1.29. The number of anilines is 1. The first-order valence-electron chi connectivity index (χ1n) is 3.82. The van der Waals surface area contributed by atoms with Crippen molar-refractivity contribution >= 4 is 11.8 Å². The molecule has 4 N–H and O–H groups in total. The minimum atomic E-state index is -0.527. The lowest BCUT2D eigenvalue weighted by atomic mass is 10.5. The quantitative estimate of drug-likeness (QED) is 0.549. The molecule has 0 aromatic carbocycles. The van der Waals surface area contributed by atoms with Crippen molar-refractivity contribution in [2.75, 3.05) is 18.4 Å². The summed E-state index contributed by atoms with van der Waals surface area (Å²) >= 11 is 0. The highest BCUT2D eigenvalue weighted by atomic mass is 16.2. The highest BCUT2D eigenvalue weighted by Crippen LogP contribution is 1.94. The van der Waals surface area contributed by atoms with Crippen LogP contribution in [-0.4, -0.2) is 29.1 Å². The molecule has 1 heterocycles. The lowest BCUT2D eigenvalue weighted by molar-refractivity contribution is 0.249. The minimum Gasteiger partial charge on any atom is -0.367 e. The van der Waals surface area contributed by atoms with Crippen molar-refractivity contribution in [3.63, 3.8) is 0 Å². The van der Waals surface area contributed by atoms with Crippen LogP contribution in [-0.2, 0) is 0 Å². The van der Waals surface area contributed by atoms with Crippen molar-refractivity contribution in [3.8, 4) is 0 Å². The number of aromatic nitrogens is 2. The average molecular weight is 181 g/mol. The second-order valence-electron chi connectivity index (χ2n) is 2.31. The maximum atomic E-state index is 10.3. The fourth-order valence-electron chi connectivity index (χ4n) is 0.767. The number of hydrogen-bond donors (Lipinski definition) is 3. The summed E-state index contributed by atoms with van der Waals surface area (Å²) in [7, 11) is 0. The average Bonchev–Trinajstić information content (AvgIpc) is 2.14. The van der Waals surface area contributed by atoms with Crippen molar-refractivity contribution in [2.24, 2.45) is 5.73 Å². The summed E-state index contributed by atoms with van der Waals surface area (Å²) in [6.07, 6.45) is 4.78. The Morgan fingerprint density at radius 2 is 2.31 bits per heavy atom. The zero-order valence-corrected chi connectivity index (χ0v) is 7.03. The van der Waals surface area contributed by atoms with Gasteiger partial charge in [0.1, 0.15) is 5.82 Å². The van der Waals surface area contributed by atoms with Gasteiger partial charge < -0.3 is 16.4 Å². The van der Waals surface area contributed by atoms with Gasteiger partial charge in [-0.2, -0.15) is 0 Å². The lowest BCUT2D eigenvalue weighted by Crippen LogP contribution is -2.33. The summed E-state index contributed by atoms with van der Waals surface area (Å²) in [4.78, 5) is 18.1. The van der Waals surface area contributed by atoms with Crippen LogP contribution in [0.15, 0.2) is 18.6 Å². The van der Waals surface area contributed by atoms with Gasteiger partial charge >= 0.3 is 6.03 Å². The zero-order chi connectivity index (χ0) is 9.52. The maximum absolute atomic E-state index is 10.3. The van der Waals surface area contributed by atoms with E-state index >= 15 is 0 Å². The number of nitrogens with two attached hydrogens (primary N) is 1. The molecule has 0 atom stereocenters. The van der Waals surface area contributed by atoms with Crippen LogP contribution in [0.2, 0.25) is 0 Å². The molecule has 0 aliphatic heterocycles. The first-order valence-corrected chi connectivity index (χ1v) is 3.82. The van der Waals surface area contributed by atoms with E-state index in [0.29, 0.717) is 18.9 Å². The summed E-state index contributed by atoms with van der Waals surface area (Å²) in [5, 5.41) is 5.40. The van der Waals surface area contributed by atoms with E-state index in [-0.39, 0.29) is 0 Å². The van der Waals surface area contributed by atoms with Gasteiger partial charge in [0.25, 0.3) is 0 Å².